The Morgan fingerprint density at radius 1 is 0.548 bits per heavy atom. The van der Waals surface area contributed by atoms with E-state index < -0.39 is 0 Å². The van der Waals surface area contributed by atoms with Crippen LogP contribution in [0.3, 0.4) is 0 Å². The molecule has 192 valence electrons. The van der Waals surface area contributed by atoms with E-state index in [2.05, 4.69) is 13.8 Å². The van der Waals surface area contributed by atoms with Crippen molar-refractivity contribution in [1.29, 1.82) is 0 Å². The van der Waals surface area contributed by atoms with E-state index in [4.69, 9.17) is 20.4 Å². The predicted molar refractivity (Wildman–Crippen MR) is 130 cm³/mol. The quantitative estimate of drug-likeness (QED) is 0.204. The first kappa shape index (κ1) is 41.7. The van der Waals surface area contributed by atoms with Gasteiger partial charge in [0, 0.05) is 60.0 Å². The van der Waals surface area contributed by atoms with E-state index >= 15 is 0 Å². The molecule has 0 aromatic carbocycles. The summed E-state index contributed by atoms with van der Waals surface area (Å²) in [5.41, 5.74) is 0. The Bertz CT molecular complexity index is 245. The van der Waals surface area contributed by atoms with Crippen molar-refractivity contribution in [3.63, 3.8) is 0 Å². The van der Waals surface area contributed by atoms with Crippen molar-refractivity contribution in [3.05, 3.63) is 0 Å². The van der Waals surface area contributed by atoms with Gasteiger partial charge in [-0.1, -0.05) is 67.2 Å². The zero-order valence-corrected chi connectivity index (χ0v) is 23.0. The Morgan fingerprint density at radius 3 is 0.935 bits per heavy atom. The maximum absolute atomic E-state index is 9.35. The van der Waals surface area contributed by atoms with Crippen molar-refractivity contribution in [2.75, 3.05) is 26.4 Å². The fourth-order valence-corrected chi connectivity index (χ4v) is 2.42. The van der Waals surface area contributed by atoms with Gasteiger partial charge in [0.2, 0.25) is 0 Å². The molecule has 0 aliphatic rings. The van der Waals surface area contributed by atoms with Crippen LogP contribution in [0.25, 0.3) is 0 Å². The molecule has 0 radical (unpaired) electrons. The minimum atomic E-state index is -0.306. The third-order valence-corrected chi connectivity index (χ3v) is 4.80. The minimum Gasteiger partial charge on any atom is -0.396 e. The van der Waals surface area contributed by atoms with E-state index in [0.29, 0.717) is 13.2 Å². The average Bonchev–Trinajstić information content (AvgIpc) is 2.73. The van der Waals surface area contributed by atoms with E-state index in [9.17, 15) is 10.2 Å². The molecule has 0 bridgehead atoms. The molecule has 31 heavy (non-hydrogen) atoms. The summed E-state index contributed by atoms with van der Waals surface area (Å²) in [5.74, 6) is 0.167. The zero-order valence-electron chi connectivity index (χ0n) is 23.4. The van der Waals surface area contributed by atoms with Crippen LogP contribution in [0, 0.1) is 11.8 Å². The van der Waals surface area contributed by atoms with Gasteiger partial charge in [-0.3, -0.25) is 0 Å². The van der Waals surface area contributed by atoms with Crippen LogP contribution >= 0.6 is 0 Å². The number of hydrogen-bond donors (Lipinski definition) is 6. The summed E-state index contributed by atoms with van der Waals surface area (Å²) in [4.78, 5) is 0. The molecule has 0 heterocycles. The molecule has 0 saturated carbocycles. The molecule has 0 spiro atoms. The standard InChI is InChI=1S/2C8H18O2.2C4H10O.Ti/c2*1-3-5-8(10)7(4-2)6-9;2*1-2-3-4-5;/h2*7-10H,3-6H2,1-2H3;2*5H,2-4H2,1H3;/p+2. The van der Waals surface area contributed by atoms with Gasteiger partial charge in [-0.05, 0) is 38.5 Å². The third kappa shape index (κ3) is 35.3. The van der Waals surface area contributed by atoms with Gasteiger partial charge in [-0.25, -0.2) is 0 Å². The molecule has 0 aromatic heterocycles. The molecular weight excluding hydrogens is 432 g/mol. The van der Waals surface area contributed by atoms with Gasteiger partial charge in [0.25, 0.3) is 0 Å². The Kier molecular flexibility index (Phi) is 50.8. The van der Waals surface area contributed by atoms with Crippen molar-refractivity contribution in [2.45, 2.75) is 118 Å². The molecule has 4 unspecified atom stereocenters. The summed E-state index contributed by atoms with van der Waals surface area (Å²) in [6.45, 7) is 13.1. The van der Waals surface area contributed by atoms with E-state index in [-0.39, 0.29) is 61.8 Å². The summed E-state index contributed by atoms with van der Waals surface area (Å²) in [6, 6.07) is 0. The molecule has 0 saturated heterocycles. The second-order valence-electron chi connectivity index (χ2n) is 7.57. The Labute approximate surface area is 211 Å². The maximum Gasteiger partial charge on any atom is 1.00 e. The van der Waals surface area contributed by atoms with Gasteiger partial charge in [-0.2, -0.15) is 0 Å². The molecule has 0 fully saturated rings. The number of hydrogen-bond acceptors (Lipinski definition) is 6. The van der Waals surface area contributed by atoms with Crippen molar-refractivity contribution >= 4 is 0 Å². The summed E-state index contributed by atoms with van der Waals surface area (Å²) in [5, 5.41) is 52.4. The van der Waals surface area contributed by atoms with Crippen molar-refractivity contribution < 1.29 is 55.2 Å². The molecule has 0 rings (SSSR count). The maximum atomic E-state index is 9.35. The first-order valence-corrected chi connectivity index (χ1v) is 12.1. The zero-order chi connectivity index (χ0) is 24.2. The molecule has 4 atom stereocenters. The monoisotopic (exact) mass is 490 g/mol. The molecule has 6 nitrogen and oxygen atoms in total. The fraction of sp³-hybridized carbons (Fsp3) is 1.00. The van der Waals surface area contributed by atoms with Gasteiger partial charge in [-0.15, -0.1) is 0 Å². The summed E-state index contributed by atoms with van der Waals surface area (Å²) < 4.78 is 0. The fourth-order valence-electron chi connectivity index (χ4n) is 2.42. The Hall–Kier alpha value is 0.474. The van der Waals surface area contributed by atoms with Gasteiger partial charge in [0.1, 0.15) is 0 Å². The van der Waals surface area contributed by atoms with Crippen molar-refractivity contribution in [1.82, 2.24) is 0 Å². The van der Waals surface area contributed by atoms with Crippen LogP contribution in [0.15, 0.2) is 0 Å². The SMILES string of the molecule is CCCC(O)C(CC)CO.CCCC(O)C(CC)CO.CCCCO.CCCCO.[H+].[H+].[Ti]. The van der Waals surface area contributed by atoms with Crippen LogP contribution in [-0.2, 0) is 21.7 Å². The van der Waals surface area contributed by atoms with Crippen LogP contribution in [0.5, 0.6) is 0 Å². The van der Waals surface area contributed by atoms with Crippen LogP contribution in [0.2, 0.25) is 0 Å². The summed E-state index contributed by atoms with van der Waals surface area (Å²) in [7, 11) is 0. The molecule has 6 N–H and O–H groups in total. The molecule has 7 heteroatoms. The van der Waals surface area contributed by atoms with Gasteiger partial charge in [0.05, 0.1) is 12.2 Å². The first-order chi connectivity index (χ1) is 14.3. The number of unbranched alkanes of at least 4 members (excludes halogenated alkanes) is 2. The number of aliphatic hydroxyl groups is 6. The molecule has 0 amide bonds. The molecule has 0 aliphatic heterocycles. The number of rotatable bonds is 14. The Morgan fingerprint density at radius 2 is 0.839 bits per heavy atom. The number of aliphatic hydroxyl groups excluding tert-OH is 6. The van der Waals surface area contributed by atoms with E-state index in [0.717, 1.165) is 64.2 Å². The second-order valence-corrected chi connectivity index (χ2v) is 7.57. The summed E-state index contributed by atoms with van der Waals surface area (Å²) in [6.07, 6.45) is 8.76. The van der Waals surface area contributed by atoms with Crippen LogP contribution in [0.4, 0.5) is 0 Å². The smallest absolute Gasteiger partial charge is 0.396 e. The third-order valence-electron chi connectivity index (χ3n) is 4.80. The van der Waals surface area contributed by atoms with Crippen molar-refractivity contribution in [2.24, 2.45) is 11.8 Å². The summed E-state index contributed by atoms with van der Waals surface area (Å²) >= 11 is 0. The van der Waals surface area contributed by atoms with Crippen molar-refractivity contribution in [3.8, 4) is 0 Å². The van der Waals surface area contributed by atoms with Gasteiger partial charge in [0.15, 0.2) is 0 Å². The molecular formula is C24H58O6Ti+2. The largest absolute Gasteiger partial charge is 1.00 e. The predicted octanol–water partition coefficient (Wildman–Crippen LogP) is 4.11. The van der Waals surface area contributed by atoms with Crippen LogP contribution < -0.4 is 0 Å². The first-order valence-electron chi connectivity index (χ1n) is 12.1. The minimum absolute atomic E-state index is 0. The second kappa shape index (κ2) is 37.8. The molecule has 0 aliphatic carbocycles. The van der Waals surface area contributed by atoms with E-state index in [1.807, 2.05) is 27.7 Å². The Balaban J connectivity index is -0.0000000556. The van der Waals surface area contributed by atoms with Crippen LogP contribution in [0.1, 0.15) is 109 Å². The topological polar surface area (TPSA) is 121 Å². The van der Waals surface area contributed by atoms with E-state index in [1.165, 1.54) is 0 Å². The normalized spacial score (nSPS) is 13.5. The average molecular weight is 491 g/mol. The molecule has 0 aromatic rings. The van der Waals surface area contributed by atoms with Crippen LogP contribution in [-0.4, -0.2) is 69.3 Å². The van der Waals surface area contributed by atoms with Gasteiger partial charge >= 0.3 is 2.85 Å². The van der Waals surface area contributed by atoms with Gasteiger partial charge < -0.3 is 30.6 Å². The van der Waals surface area contributed by atoms with E-state index in [1.54, 1.807) is 0 Å².